The van der Waals surface area contributed by atoms with E-state index >= 15 is 0 Å². The number of rotatable bonds is 4. The number of amides is 1. The number of benzene rings is 1. The Hall–Kier alpha value is -3.04. The minimum absolute atomic E-state index is 0.0318. The monoisotopic (exact) mass is 521 g/mol. The van der Waals surface area contributed by atoms with E-state index in [0.717, 1.165) is 58.1 Å². The third kappa shape index (κ3) is 4.14. The minimum Gasteiger partial charge on any atom is -0.383 e. The normalized spacial score (nSPS) is 15.8. The molecule has 0 saturated carbocycles. The molecule has 176 valence electrons. The van der Waals surface area contributed by atoms with Gasteiger partial charge in [-0.3, -0.25) is 9.78 Å². The number of piperidine rings is 1. The van der Waals surface area contributed by atoms with Crippen LogP contribution < -0.4 is 11.1 Å². The fourth-order valence-corrected chi connectivity index (χ4v) is 5.30. The highest BCUT2D eigenvalue weighted by Crippen LogP contribution is 2.33. The van der Waals surface area contributed by atoms with Crippen LogP contribution in [0.15, 0.2) is 41.1 Å². The predicted octanol–water partition coefficient (Wildman–Crippen LogP) is 4.26. The first-order valence-corrected chi connectivity index (χ1v) is 12.3. The molecule has 0 bridgehead atoms. The molecule has 5 rings (SSSR count). The fourth-order valence-electron chi connectivity index (χ4n) is 4.70. The van der Waals surface area contributed by atoms with Gasteiger partial charge in [-0.1, -0.05) is 11.6 Å². The number of anilines is 1. The van der Waals surface area contributed by atoms with Crippen LogP contribution in [-0.2, 0) is 4.79 Å². The second-order valence-corrected chi connectivity index (χ2v) is 9.87. The number of carbonyl (C=O) groups excluding carboxylic acids is 1. The average molecular weight is 522 g/mol. The van der Waals surface area contributed by atoms with Gasteiger partial charge in [-0.05, 0) is 60.8 Å². The Morgan fingerprint density at radius 3 is 2.74 bits per heavy atom. The van der Waals surface area contributed by atoms with Crippen molar-refractivity contribution in [1.29, 1.82) is 0 Å². The highest BCUT2D eigenvalue weighted by Gasteiger charge is 2.25. The molecule has 4 heterocycles. The molecule has 0 radical (unpaired) electrons. The van der Waals surface area contributed by atoms with Crippen molar-refractivity contribution in [3.05, 3.63) is 52.4 Å². The number of nitrogens with two attached hydrogens (primary N) is 1. The van der Waals surface area contributed by atoms with Crippen molar-refractivity contribution in [2.24, 2.45) is 0 Å². The number of carbonyl (C=O) groups is 1. The van der Waals surface area contributed by atoms with Crippen molar-refractivity contribution >= 4 is 44.2 Å². The van der Waals surface area contributed by atoms with E-state index in [1.165, 1.54) is 5.56 Å². The van der Waals surface area contributed by atoms with E-state index in [1.54, 1.807) is 17.6 Å². The van der Waals surface area contributed by atoms with Crippen molar-refractivity contribution in [2.75, 3.05) is 18.8 Å². The number of hydrogen-bond donors (Lipinski definition) is 2. The Bertz CT molecular complexity index is 1390. The Morgan fingerprint density at radius 1 is 1.24 bits per heavy atom. The van der Waals surface area contributed by atoms with E-state index in [-0.39, 0.29) is 11.9 Å². The first-order chi connectivity index (χ1) is 16.3. The topological polar surface area (TPSA) is 101 Å². The van der Waals surface area contributed by atoms with Gasteiger partial charge in [0, 0.05) is 54.8 Å². The number of fused-ring (bicyclic) bond motifs is 2. The van der Waals surface area contributed by atoms with Gasteiger partial charge in [0.25, 0.3) is 0 Å². The molecule has 1 unspecified atom stereocenters. The van der Waals surface area contributed by atoms with Crippen LogP contribution in [0.4, 0.5) is 5.82 Å². The third-order valence-corrected chi connectivity index (χ3v) is 7.44. The van der Waals surface area contributed by atoms with Gasteiger partial charge in [0.2, 0.25) is 5.91 Å². The van der Waals surface area contributed by atoms with Crippen molar-refractivity contribution in [1.82, 2.24) is 29.8 Å². The number of hydrogen-bond acceptors (Lipinski definition) is 6. The van der Waals surface area contributed by atoms with E-state index in [4.69, 9.17) is 10.7 Å². The van der Waals surface area contributed by atoms with Crippen molar-refractivity contribution < 1.29 is 4.79 Å². The number of aryl methyl sites for hydroxylation is 1. The van der Waals surface area contributed by atoms with Crippen LogP contribution in [0.2, 0.25) is 0 Å². The summed E-state index contributed by atoms with van der Waals surface area (Å²) < 4.78 is 2.41. The zero-order chi connectivity index (χ0) is 24.0. The molecule has 1 aromatic carbocycles. The number of nitrogens with one attached hydrogen (secondary N) is 1. The second-order valence-electron chi connectivity index (χ2n) is 9.08. The molecule has 1 saturated heterocycles. The quantitative estimate of drug-likeness (QED) is 0.416. The molecule has 0 spiro atoms. The molecule has 3 N–H and O–H groups in total. The van der Waals surface area contributed by atoms with Gasteiger partial charge in [0.15, 0.2) is 5.65 Å². The van der Waals surface area contributed by atoms with Gasteiger partial charge < -0.3 is 16.0 Å². The molecule has 0 aliphatic carbocycles. The maximum Gasteiger partial charge on any atom is 0.219 e. The molecule has 8 nitrogen and oxygen atoms in total. The SMILES string of the molecule is CC(=O)N1CCC(NC(C)c2nc3c(-c4cnc5ccc(C)cc5c4)cnn3c(N)c2Br)CC1. The molecular weight excluding hydrogens is 494 g/mol. The van der Waals surface area contributed by atoms with Crippen molar-refractivity contribution in [3.63, 3.8) is 0 Å². The number of pyridine rings is 1. The van der Waals surface area contributed by atoms with Crippen LogP contribution >= 0.6 is 15.9 Å². The largest absolute Gasteiger partial charge is 0.383 e. The molecule has 34 heavy (non-hydrogen) atoms. The number of nitrogens with zero attached hydrogens (tertiary/aromatic N) is 5. The van der Waals surface area contributed by atoms with Crippen LogP contribution in [0.1, 0.15) is 44.0 Å². The van der Waals surface area contributed by atoms with Crippen LogP contribution in [0.5, 0.6) is 0 Å². The lowest BCUT2D eigenvalue weighted by molar-refractivity contribution is -0.129. The van der Waals surface area contributed by atoms with Crippen LogP contribution in [-0.4, -0.2) is 49.5 Å². The summed E-state index contributed by atoms with van der Waals surface area (Å²) in [5.74, 6) is 0.650. The standard InChI is InChI=1S/C25H28BrN7O/c1-14-4-5-21-17(10-14)11-18(12-28-21)20-13-29-33-24(27)22(26)23(31-25(20)33)15(2)30-19-6-8-32(9-7-19)16(3)34/h4-5,10-13,15,19,30H,6-9,27H2,1-3H3. The highest BCUT2D eigenvalue weighted by atomic mass is 79.9. The Balaban J connectivity index is 1.48. The Labute approximate surface area is 206 Å². The minimum atomic E-state index is -0.0318. The number of halogens is 1. The highest BCUT2D eigenvalue weighted by molar-refractivity contribution is 9.10. The molecule has 9 heteroatoms. The zero-order valence-electron chi connectivity index (χ0n) is 19.5. The van der Waals surface area contributed by atoms with E-state index in [2.05, 4.69) is 63.4 Å². The Morgan fingerprint density at radius 2 is 2.00 bits per heavy atom. The molecular formula is C25H28BrN7O. The smallest absolute Gasteiger partial charge is 0.219 e. The molecule has 1 amide bonds. The summed E-state index contributed by atoms with van der Waals surface area (Å²) in [5.41, 5.74) is 12.0. The predicted molar refractivity (Wildman–Crippen MR) is 137 cm³/mol. The number of aromatic nitrogens is 4. The summed E-state index contributed by atoms with van der Waals surface area (Å²) in [6.07, 6.45) is 5.49. The van der Waals surface area contributed by atoms with E-state index < -0.39 is 0 Å². The van der Waals surface area contributed by atoms with Crippen LogP contribution in [0.3, 0.4) is 0 Å². The zero-order valence-corrected chi connectivity index (χ0v) is 21.1. The van der Waals surface area contributed by atoms with Gasteiger partial charge in [-0.2, -0.15) is 9.61 Å². The molecule has 1 fully saturated rings. The van der Waals surface area contributed by atoms with Gasteiger partial charge in [0.1, 0.15) is 5.82 Å². The van der Waals surface area contributed by atoms with Crippen LogP contribution in [0, 0.1) is 6.92 Å². The lowest BCUT2D eigenvalue weighted by Gasteiger charge is -2.33. The molecule has 1 aliphatic rings. The maximum atomic E-state index is 11.6. The first-order valence-electron chi connectivity index (χ1n) is 11.5. The number of nitrogen functional groups attached to an aromatic ring is 1. The molecule has 1 atom stereocenters. The van der Waals surface area contributed by atoms with Crippen molar-refractivity contribution in [2.45, 2.75) is 45.7 Å². The summed E-state index contributed by atoms with van der Waals surface area (Å²) in [6, 6.07) is 8.63. The lowest BCUT2D eigenvalue weighted by Crippen LogP contribution is -2.45. The summed E-state index contributed by atoms with van der Waals surface area (Å²) >= 11 is 3.65. The third-order valence-electron chi connectivity index (χ3n) is 6.63. The lowest BCUT2D eigenvalue weighted by atomic mass is 10.0. The Kier molecular flexibility index (Phi) is 5.99. The van der Waals surface area contributed by atoms with Gasteiger partial charge >= 0.3 is 0 Å². The molecule has 1 aliphatic heterocycles. The molecule has 3 aromatic heterocycles. The molecule has 4 aromatic rings. The fraction of sp³-hybridized carbons (Fsp3) is 0.360. The average Bonchev–Trinajstić information content (AvgIpc) is 3.25. The van der Waals surface area contributed by atoms with Gasteiger partial charge in [-0.15, -0.1) is 0 Å². The summed E-state index contributed by atoms with van der Waals surface area (Å²) in [5, 5.41) is 9.27. The summed E-state index contributed by atoms with van der Waals surface area (Å²) in [7, 11) is 0. The second kappa shape index (κ2) is 8.96. The first kappa shape index (κ1) is 22.7. The van der Waals surface area contributed by atoms with E-state index in [1.807, 2.05) is 17.2 Å². The maximum absolute atomic E-state index is 11.6. The van der Waals surface area contributed by atoms with Crippen molar-refractivity contribution in [3.8, 4) is 11.1 Å². The van der Waals surface area contributed by atoms with Gasteiger partial charge in [0.05, 0.1) is 21.9 Å². The van der Waals surface area contributed by atoms with E-state index in [0.29, 0.717) is 17.5 Å². The van der Waals surface area contributed by atoms with E-state index in [9.17, 15) is 4.79 Å². The van der Waals surface area contributed by atoms with Gasteiger partial charge in [-0.25, -0.2) is 4.98 Å². The summed E-state index contributed by atoms with van der Waals surface area (Å²) in [6.45, 7) is 7.35. The van der Waals surface area contributed by atoms with Crippen LogP contribution in [0.25, 0.3) is 27.7 Å². The summed E-state index contributed by atoms with van der Waals surface area (Å²) in [4.78, 5) is 23.2. The number of likely N-dealkylation sites (tertiary alicyclic amines) is 1.